The molecule has 0 aliphatic rings. The van der Waals surface area contributed by atoms with Crippen LogP contribution in [0, 0.1) is 0 Å². The number of benzene rings is 2. The molecule has 4 rings (SSSR count). The van der Waals surface area contributed by atoms with E-state index in [0.29, 0.717) is 17.3 Å². The van der Waals surface area contributed by atoms with Gasteiger partial charge in [-0.2, -0.15) is 0 Å². The van der Waals surface area contributed by atoms with Crippen molar-refractivity contribution in [1.29, 1.82) is 0 Å². The summed E-state index contributed by atoms with van der Waals surface area (Å²) in [6.45, 7) is 4.02. The van der Waals surface area contributed by atoms with Gasteiger partial charge in [0.2, 0.25) is 9.84 Å². The highest BCUT2D eigenvalue weighted by Crippen LogP contribution is 2.23. The third-order valence-electron chi connectivity index (χ3n) is 4.81. The summed E-state index contributed by atoms with van der Waals surface area (Å²) >= 11 is 0. The number of aromatic nitrogens is 4. The van der Waals surface area contributed by atoms with Gasteiger partial charge in [-0.05, 0) is 56.3 Å². The highest BCUT2D eigenvalue weighted by molar-refractivity contribution is 7.91. The van der Waals surface area contributed by atoms with E-state index in [9.17, 15) is 13.2 Å². The molecule has 1 amide bonds. The van der Waals surface area contributed by atoms with E-state index in [0.717, 1.165) is 0 Å². The van der Waals surface area contributed by atoms with Crippen molar-refractivity contribution in [3.8, 4) is 11.5 Å². The summed E-state index contributed by atoms with van der Waals surface area (Å²) in [4.78, 5) is 17.5. The first kappa shape index (κ1) is 21.4. The van der Waals surface area contributed by atoms with E-state index in [-0.39, 0.29) is 21.4 Å². The van der Waals surface area contributed by atoms with Gasteiger partial charge in [0, 0.05) is 11.6 Å². The second-order valence-electron chi connectivity index (χ2n) is 7.36. The average Bonchev–Trinajstić information content (AvgIpc) is 3.30. The number of hydrogen-bond acceptors (Lipinski definition) is 6. The molecule has 0 fully saturated rings. The van der Waals surface area contributed by atoms with Gasteiger partial charge in [-0.15, -0.1) is 10.2 Å². The van der Waals surface area contributed by atoms with Crippen molar-refractivity contribution in [3.63, 3.8) is 0 Å². The largest absolute Gasteiger partial charge is 0.310 e. The molecule has 4 aromatic rings. The molecule has 2 aromatic carbocycles. The second-order valence-corrected chi connectivity index (χ2v) is 9.31. The lowest BCUT2D eigenvalue weighted by molar-refractivity contribution is 0.102. The normalized spacial score (nSPS) is 11.5. The molecule has 0 saturated carbocycles. The van der Waals surface area contributed by atoms with Crippen molar-refractivity contribution < 1.29 is 13.2 Å². The number of anilines is 1. The van der Waals surface area contributed by atoms with E-state index in [4.69, 9.17) is 0 Å². The van der Waals surface area contributed by atoms with Gasteiger partial charge in [0.05, 0.1) is 9.79 Å². The second kappa shape index (κ2) is 8.72. The van der Waals surface area contributed by atoms with Gasteiger partial charge in [0.25, 0.3) is 5.91 Å². The van der Waals surface area contributed by atoms with Gasteiger partial charge >= 0.3 is 0 Å². The number of nitrogens with one attached hydrogen (secondary N) is 1. The summed E-state index contributed by atoms with van der Waals surface area (Å²) < 4.78 is 27.6. The van der Waals surface area contributed by atoms with Crippen molar-refractivity contribution >= 4 is 21.6 Å². The van der Waals surface area contributed by atoms with E-state index < -0.39 is 15.7 Å². The van der Waals surface area contributed by atoms with Gasteiger partial charge in [0.15, 0.2) is 5.82 Å². The molecule has 0 saturated heterocycles. The maximum absolute atomic E-state index is 12.9. The third kappa shape index (κ3) is 4.28. The maximum atomic E-state index is 12.9. The standard InChI is InChI=1S/C23H21N5O3S/c1-16(2)28-15-24-27-22(28)20-12-7-13-21(25-20)26-23(29)17-8-6-11-19(14-17)32(30,31)18-9-4-3-5-10-18/h3-16H,1-2H3,(H,25,26,29). The molecular weight excluding hydrogens is 426 g/mol. The Labute approximate surface area is 185 Å². The first-order chi connectivity index (χ1) is 15.4. The Balaban J connectivity index is 1.59. The van der Waals surface area contributed by atoms with Crippen LogP contribution in [0.15, 0.2) is 88.9 Å². The molecule has 8 nitrogen and oxygen atoms in total. The molecule has 0 aliphatic carbocycles. The van der Waals surface area contributed by atoms with Crippen molar-refractivity contribution in [2.75, 3.05) is 5.32 Å². The fraction of sp³-hybridized carbons (Fsp3) is 0.130. The quantitative estimate of drug-likeness (QED) is 0.479. The molecular formula is C23H21N5O3S. The van der Waals surface area contributed by atoms with Crippen LogP contribution in [0.3, 0.4) is 0 Å². The lowest BCUT2D eigenvalue weighted by Gasteiger charge is -2.11. The molecule has 162 valence electrons. The maximum Gasteiger partial charge on any atom is 0.256 e. The van der Waals surface area contributed by atoms with E-state index in [1.807, 2.05) is 18.4 Å². The molecule has 2 heterocycles. The van der Waals surface area contributed by atoms with Crippen LogP contribution in [0.25, 0.3) is 11.5 Å². The molecule has 9 heteroatoms. The van der Waals surface area contributed by atoms with Crippen LogP contribution in [0.5, 0.6) is 0 Å². The Bertz CT molecular complexity index is 1370. The van der Waals surface area contributed by atoms with Gasteiger partial charge in [-0.25, -0.2) is 13.4 Å². The molecule has 0 bridgehead atoms. The topological polar surface area (TPSA) is 107 Å². The summed E-state index contributed by atoms with van der Waals surface area (Å²) in [6.07, 6.45) is 1.63. The molecule has 0 atom stereocenters. The summed E-state index contributed by atoms with van der Waals surface area (Å²) in [5.41, 5.74) is 0.772. The van der Waals surface area contributed by atoms with Crippen LogP contribution in [0.1, 0.15) is 30.2 Å². The molecule has 0 aliphatic heterocycles. The van der Waals surface area contributed by atoms with Crippen molar-refractivity contribution in [2.45, 2.75) is 29.7 Å². The van der Waals surface area contributed by atoms with Crippen LogP contribution in [0.4, 0.5) is 5.82 Å². The molecule has 0 unspecified atom stereocenters. The molecule has 0 radical (unpaired) electrons. The predicted octanol–water partition coefficient (Wildman–Crippen LogP) is 4.01. The Hall–Kier alpha value is -3.85. The first-order valence-electron chi connectivity index (χ1n) is 9.95. The number of carbonyl (C=O) groups is 1. The molecule has 32 heavy (non-hydrogen) atoms. The molecule has 0 spiro atoms. The van der Waals surface area contributed by atoms with E-state index in [1.54, 1.807) is 54.9 Å². The number of nitrogens with zero attached hydrogens (tertiary/aromatic N) is 4. The van der Waals surface area contributed by atoms with E-state index in [2.05, 4.69) is 20.5 Å². The van der Waals surface area contributed by atoms with Gasteiger partial charge in [-0.3, -0.25) is 4.79 Å². The Morgan fingerprint density at radius 2 is 1.66 bits per heavy atom. The Morgan fingerprint density at radius 1 is 0.938 bits per heavy atom. The van der Waals surface area contributed by atoms with Gasteiger partial charge in [-0.1, -0.05) is 30.3 Å². The summed E-state index contributed by atoms with van der Waals surface area (Å²) in [6, 6.07) is 19.4. The van der Waals surface area contributed by atoms with Crippen LogP contribution in [-0.4, -0.2) is 34.1 Å². The number of carbonyl (C=O) groups excluding carboxylic acids is 1. The highest BCUT2D eigenvalue weighted by Gasteiger charge is 2.19. The lowest BCUT2D eigenvalue weighted by atomic mass is 10.2. The summed E-state index contributed by atoms with van der Waals surface area (Å²) in [5.74, 6) is 0.444. The van der Waals surface area contributed by atoms with Crippen LogP contribution < -0.4 is 5.32 Å². The minimum absolute atomic E-state index is 0.0445. The van der Waals surface area contributed by atoms with Crippen molar-refractivity contribution in [3.05, 3.63) is 84.7 Å². The van der Waals surface area contributed by atoms with E-state index >= 15 is 0 Å². The first-order valence-corrected chi connectivity index (χ1v) is 11.4. The molecule has 1 N–H and O–H groups in total. The fourth-order valence-corrected chi connectivity index (χ4v) is 4.49. The fourth-order valence-electron chi connectivity index (χ4n) is 3.16. The molecule has 2 aromatic heterocycles. The highest BCUT2D eigenvalue weighted by atomic mass is 32.2. The summed E-state index contributed by atoms with van der Waals surface area (Å²) in [5, 5.41) is 10.8. The zero-order valence-electron chi connectivity index (χ0n) is 17.5. The van der Waals surface area contributed by atoms with Crippen molar-refractivity contribution in [2.24, 2.45) is 0 Å². The van der Waals surface area contributed by atoms with Crippen LogP contribution in [-0.2, 0) is 9.84 Å². The van der Waals surface area contributed by atoms with Crippen molar-refractivity contribution in [1.82, 2.24) is 19.7 Å². The number of sulfone groups is 1. The van der Waals surface area contributed by atoms with Gasteiger partial charge < -0.3 is 9.88 Å². The number of hydrogen-bond donors (Lipinski definition) is 1. The minimum atomic E-state index is -3.73. The van der Waals surface area contributed by atoms with Crippen LogP contribution in [0.2, 0.25) is 0 Å². The minimum Gasteiger partial charge on any atom is -0.310 e. The van der Waals surface area contributed by atoms with Gasteiger partial charge in [0.1, 0.15) is 17.8 Å². The summed E-state index contributed by atoms with van der Waals surface area (Å²) in [7, 11) is -3.73. The predicted molar refractivity (Wildman–Crippen MR) is 120 cm³/mol. The average molecular weight is 448 g/mol. The third-order valence-corrected chi connectivity index (χ3v) is 6.58. The smallest absolute Gasteiger partial charge is 0.256 e. The number of pyridine rings is 1. The SMILES string of the molecule is CC(C)n1cnnc1-c1cccc(NC(=O)c2cccc(S(=O)(=O)c3ccccc3)c2)n1. The van der Waals surface area contributed by atoms with E-state index in [1.165, 1.54) is 24.3 Å². The van der Waals surface area contributed by atoms with Crippen LogP contribution >= 0.6 is 0 Å². The lowest BCUT2D eigenvalue weighted by Crippen LogP contribution is -2.14. The zero-order valence-corrected chi connectivity index (χ0v) is 18.3. The zero-order chi connectivity index (χ0) is 22.7. The number of amides is 1. The monoisotopic (exact) mass is 447 g/mol. The number of rotatable bonds is 6. The Morgan fingerprint density at radius 3 is 2.41 bits per heavy atom. The Kier molecular flexibility index (Phi) is 5.83.